The third-order valence-corrected chi connectivity index (χ3v) is 4.76. The molecule has 1 fully saturated rings. The van der Waals surface area contributed by atoms with Crippen LogP contribution in [-0.2, 0) is 4.79 Å². The van der Waals surface area contributed by atoms with Gasteiger partial charge in [-0.2, -0.15) is 0 Å². The van der Waals surface area contributed by atoms with Crippen LogP contribution in [0.5, 0.6) is 11.5 Å². The average Bonchev–Trinajstić information content (AvgIpc) is 3.13. The van der Waals surface area contributed by atoms with Gasteiger partial charge in [-0.05, 0) is 36.9 Å². The van der Waals surface area contributed by atoms with Gasteiger partial charge in [0.25, 0.3) is 5.91 Å². The molecule has 1 saturated heterocycles. The molecule has 0 radical (unpaired) electrons. The Morgan fingerprint density at radius 3 is 2.31 bits per heavy atom. The molecule has 26 heavy (non-hydrogen) atoms. The summed E-state index contributed by atoms with van der Waals surface area (Å²) in [4.78, 5) is 27.4. The summed E-state index contributed by atoms with van der Waals surface area (Å²) < 4.78 is 10.4. The molecule has 1 heterocycles. The number of carbonyl (C=O) groups excluding carboxylic acids is 2. The Hall–Kier alpha value is -2.28. The lowest BCUT2D eigenvalue weighted by atomic mass is 10.0. The molecule has 7 nitrogen and oxygen atoms in total. The third-order valence-electron chi connectivity index (χ3n) is 4.76. The van der Waals surface area contributed by atoms with E-state index in [1.165, 1.54) is 14.2 Å². The lowest BCUT2D eigenvalue weighted by Crippen LogP contribution is -2.50. The fourth-order valence-electron chi connectivity index (χ4n) is 3.10. The molecule has 144 valence electrons. The first-order valence-electron chi connectivity index (χ1n) is 8.92. The standard InChI is InChI=1S/C19H29N3O4/c1-12(2)17(19(24)22-6-5-13(10-20)11-22)21-18(23)14-7-15(25-3)9-16(8-14)26-4/h7-9,12-13,17H,5-6,10-11,20H2,1-4H3,(H,21,23). The second-order valence-corrected chi connectivity index (χ2v) is 6.97. The highest BCUT2D eigenvalue weighted by Crippen LogP contribution is 2.23. The number of nitrogens with one attached hydrogen (secondary N) is 1. The van der Waals surface area contributed by atoms with Crippen molar-refractivity contribution in [1.82, 2.24) is 10.2 Å². The summed E-state index contributed by atoms with van der Waals surface area (Å²) in [5, 5.41) is 2.87. The summed E-state index contributed by atoms with van der Waals surface area (Å²) in [6.45, 7) is 5.76. The molecule has 0 spiro atoms. The van der Waals surface area contributed by atoms with E-state index in [1.807, 2.05) is 13.8 Å². The number of rotatable bonds is 7. The Bertz CT molecular complexity index is 625. The van der Waals surface area contributed by atoms with Crippen LogP contribution < -0.4 is 20.5 Å². The highest BCUT2D eigenvalue weighted by molar-refractivity contribution is 5.98. The smallest absolute Gasteiger partial charge is 0.252 e. The van der Waals surface area contributed by atoms with Crippen LogP contribution in [0.25, 0.3) is 0 Å². The largest absolute Gasteiger partial charge is 0.497 e. The molecule has 1 aliphatic heterocycles. The van der Waals surface area contributed by atoms with Crippen molar-refractivity contribution in [1.29, 1.82) is 0 Å². The third kappa shape index (κ3) is 4.66. The molecular formula is C19H29N3O4. The number of hydrogen-bond donors (Lipinski definition) is 2. The van der Waals surface area contributed by atoms with E-state index < -0.39 is 6.04 Å². The fourth-order valence-corrected chi connectivity index (χ4v) is 3.10. The van der Waals surface area contributed by atoms with Gasteiger partial charge in [0.2, 0.25) is 5.91 Å². The van der Waals surface area contributed by atoms with Gasteiger partial charge in [0.05, 0.1) is 14.2 Å². The molecule has 0 bridgehead atoms. The van der Waals surface area contributed by atoms with E-state index in [1.54, 1.807) is 23.1 Å². The number of carbonyl (C=O) groups is 2. The highest BCUT2D eigenvalue weighted by Gasteiger charge is 2.33. The Morgan fingerprint density at radius 1 is 1.23 bits per heavy atom. The lowest BCUT2D eigenvalue weighted by molar-refractivity contribution is -0.133. The number of nitrogens with two attached hydrogens (primary N) is 1. The maximum absolute atomic E-state index is 12.9. The van der Waals surface area contributed by atoms with Crippen molar-refractivity contribution >= 4 is 11.8 Å². The summed E-state index contributed by atoms with van der Waals surface area (Å²) in [6, 6.07) is 4.36. The maximum Gasteiger partial charge on any atom is 0.252 e. The molecule has 1 aromatic rings. The zero-order valence-corrected chi connectivity index (χ0v) is 16.0. The summed E-state index contributed by atoms with van der Waals surface area (Å²) >= 11 is 0. The van der Waals surface area contributed by atoms with Gasteiger partial charge in [-0.1, -0.05) is 13.8 Å². The number of nitrogens with zero attached hydrogens (tertiary/aromatic N) is 1. The van der Waals surface area contributed by atoms with Crippen molar-refractivity contribution in [2.75, 3.05) is 33.9 Å². The second kappa shape index (κ2) is 8.89. The molecule has 0 aromatic heterocycles. The SMILES string of the molecule is COc1cc(OC)cc(C(=O)NC(C(=O)N2CCC(CN)C2)C(C)C)c1. The quantitative estimate of drug-likeness (QED) is 0.761. The van der Waals surface area contributed by atoms with Crippen molar-refractivity contribution in [2.24, 2.45) is 17.6 Å². The fraction of sp³-hybridized carbons (Fsp3) is 0.579. The van der Waals surface area contributed by atoms with Crippen molar-refractivity contribution in [3.8, 4) is 11.5 Å². The van der Waals surface area contributed by atoms with E-state index in [9.17, 15) is 9.59 Å². The van der Waals surface area contributed by atoms with Crippen LogP contribution >= 0.6 is 0 Å². The minimum atomic E-state index is -0.587. The van der Waals surface area contributed by atoms with Gasteiger partial charge in [0.1, 0.15) is 17.5 Å². The number of likely N-dealkylation sites (tertiary alicyclic amines) is 1. The van der Waals surface area contributed by atoms with Crippen LogP contribution in [0, 0.1) is 11.8 Å². The topological polar surface area (TPSA) is 93.9 Å². The summed E-state index contributed by atoms with van der Waals surface area (Å²) in [6.07, 6.45) is 0.911. The molecule has 0 aliphatic carbocycles. The van der Waals surface area contributed by atoms with Crippen LogP contribution in [0.1, 0.15) is 30.6 Å². The van der Waals surface area contributed by atoms with Crippen LogP contribution in [0.15, 0.2) is 18.2 Å². The van der Waals surface area contributed by atoms with Gasteiger partial charge in [-0.15, -0.1) is 0 Å². The first-order chi connectivity index (χ1) is 12.4. The van der Waals surface area contributed by atoms with Gasteiger partial charge in [0.15, 0.2) is 0 Å². The van der Waals surface area contributed by atoms with Crippen LogP contribution in [0.3, 0.4) is 0 Å². The minimum Gasteiger partial charge on any atom is -0.497 e. The van der Waals surface area contributed by atoms with Gasteiger partial charge in [0, 0.05) is 24.7 Å². The number of hydrogen-bond acceptors (Lipinski definition) is 5. The minimum absolute atomic E-state index is 0.0316. The van der Waals surface area contributed by atoms with Gasteiger partial charge in [-0.25, -0.2) is 0 Å². The first kappa shape index (κ1) is 20.0. The van der Waals surface area contributed by atoms with E-state index in [0.29, 0.717) is 42.6 Å². The zero-order chi connectivity index (χ0) is 19.3. The second-order valence-electron chi connectivity index (χ2n) is 6.97. The normalized spacial score (nSPS) is 17.9. The Morgan fingerprint density at radius 2 is 1.85 bits per heavy atom. The van der Waals surface area contributed by atoms with Crippen molar-refractivity contribution < 1.29 is 19.1 Å². The first-order valence-corrected chi connectivity index (χ1v) is 8.92. The Balaban J connectivity index is 2.14. The number of ether oxygens (including phenoxy) is 2. The van der Waals surface area contributed by atoms with E-state index in [0.717, 1.165) is 6.42 Å². The Kier molecular flexibility index (Phi) is 6.85. The van der Waals surface area contributed by atoms with Gasteiger partial charge >= 0.3 is 0 Å². The van der Waals surface area contributed by atoms with Crippen LogP contribution in [0.2, 0.25) is 0 Å². The molecule has 1 aliphatic rings. The molecular weight excluding hydrogens is 334 g/mol. The van der Waals surface area contributed by atoms with Gasteiger partial charge < -0.3 is 25.4 Å². The van der Waals surface area contributed by atoms with Crippen molar-refractivity contribution in [3.05, 3.63) is 23.8 Å². The van der Waals surface area contributed by atoms with E-state index in [4.69, 9.17) is 15.2 Å². The van der Waals surface area contributed by atoms with E-state index in [-0.39, 0.29) is 17.7 Å². The summed E-state index contributed by atoms with van der Waals surface area (Å²) in [5.41, 5.74) is 6.10. The average molecular weight is 363 g/mol. The lowest BCUT2D eigenvalue weighted by Gasteiger charge is -2.27. The van der Waals surface area contributed by atoms with Crippen molar-refractivity contribution in [2.45, 2.75) is 26.3 Å². The highest BCUT2D eigenvalue weighted by atomic mass is 16.5. The molecule has 2 amide bonds. The van der Waals surface area contributed by atoms with E-state index >= 15 is 0 Å². The predicted octanol–water partition coefficient (Wildman–Crippen LogP) is 1.27. The Labute approximate surface area is 154 Å². The summed E-state index contributed by atoms with van der Waals surface area (Å²) in [7, 11) is 3.05. The molecule has 0 saturated carbocycles. The van der Waals surface area contributed by atoms with Gasteiger partial charge in [-0.3, -0.25) is 9.59 Å². The molecule has 3 N–H and O–H groups in total. The zero-order valence-electron chi connectivity index (χ0n) is 16.0. The maximum atomic E-state index is 12.9. The van der Waals surface area contributed by atoms with Crippen molar-refractivity contribution in [3.63, 3.8) is 0 Å². The predicted molar refractivity (Wildman–Crippen MR) is 99.4 cm³/mol. The molecule has 1 aromatic carbocycles. The summed E-state index contributed by atoms with van der Waals surface area (Å²) in [5.74, 6) is 0.962. The monoisotopic (exact) mass is 363 g/mol. The molecule has 2 unspecified atom stereocenters. The van der Waals surface area contributed by atoms with Crippen LogP contribution in [0.4, 0.5) is 0 Å². The molecule has 7 heteroatoms. The number of amides is 2. The van der Waals surface area contributed by atoms with E-state index in [2.05, 4.69) is 5.32 Å². The number of methoxy groups -OCH3 is 2. The molecule has 2 atom stereocenters. The van der Waals surface area contributed by atoms with Crippen LogP contribution in [-0.4, -0.2) is 56.6 Å². The molecule has 2 rings (SSSR count). The number of benzene rings is 1.